The van der Waals surface area contributed by atoms with E-state index in [9.17, 15) is 27.9 Å². The van der Waals surface area contributed by atoms with Crippen molar-refractivity contribution in [3.63, 3.8) is 0 Å². The van der Waals surface area contributed by atoms with Gasteiger partial charge in [0, 0.05) is 63.0 Å². The maximum absolute atomic E-state index is 14.8. The average Bonchev–Trinajstić information content (AvgIpc) is 3.54. The molecule has 2 aliphatic heterocycles. The lowest BCUT2D eigenvalue weighted by Gasteiger charge is -2.50. The van der Waals surface area contributed by atoms with E-state index >= 15 is 0 Å². The van der Waals surface area contributed by atoms with Crippen LogP contribution in [0.5, 0.6) is 11.5 Å². The van der Waals surface area contributed by atoms with Crippen molar-refractivity contribution in [3.05, 3.63) is 70.2 Å². The Balaban J connectivity index is 1.47. The molecule has 0 radical (unpaired) electrons. The normalized spacial score (nSPS) is 20.5. The van der Waals surface area contributed by atoms with Gasteiger partial charge in [-0.05, 0) is 43.5 Å². The van der Waals surface area contributed by atoms with Crippen molar-refractivity contribution in [2.75, 3.05) is 50.8 Å². The van der Waals surface area contributed by atoms with Crippen molar-refractivity contribution in [1.29, 1.82) is 0 Å². The summed E-state index contributed by atoms with van der Waals surface area (Å²) in [5, 5.41) is 10.5. The van der Waals surface area contributed by atoms with Crippen LogP contribution in [0, 0.1) is 6.92 Å². The van der Waals surface area contributed by atoms with E-state index in [4.69, 9.17) is 9.47 Å². The number of hydrogen-bond acceptors (Lipinski definition) is 8. The molecular weight excluding hydrogens is 621 g/mol. The van der Waals surface area contributed by atoms with Gasteiger partial charge in [0.2, 0.25) is 5.60 Å². The number of benzene rings is 1. The number of amides is 2. The summed E-state index contributed by atoms with van der Waals surface area (Å²) in [5.74, 6) is -0.0258. The number of halogens is 3. The lowest BCUT2D eigenvalue weighted by atomic mass is 9.79. The fourth-order valence-electron chi connectivity index (χ4n) is 6.39. The average molecular weight is 661 g/mol. The van der Waals surface area contributed by atoms with Gasteiger partial charge in [0.15, 0.2) is 0 Å². The van der Waals surface area contributed by atoms with Gasteiger partial charge in [-0.25, -0.2) is 0 Å². The number of carbonyl (C=O) groups excluding carboxylic acids is 2. The van der Waals surface area contributed by atoms with E-state index in [1.807, 2.05) is 38.1 Å². The molecule has 2 aliphatic rings. The Kier molecular flexibility index (Phi) is 10.4. The van der Waals surface area contributed by atoms with Gasteiger partial charge in [0.25, 0.3) is 11.8 Å². The summed E-state index contributed by atoms with van der Waals surface area (Å²) in [6.07, 6.45) is 0.289. The number of aliphatic hydroxyl groups excluding tert-OH is 1. The second-order valence-electron chi connectivity index (χ2n) is 11.6. The molecule has 2 saturated heterocycles. The highest BCUT2D eigenvalue weighted by Crippen LogP contribution is 2.42. The van der Waals surface area contributed by atoms with E-state index in [-0.39, 0.29) is 37.2 Å². The van der Waals surface area contributed by atoms with Gasteiger partial charge in [-0.2, -0.15) is 13.2 Å². The first-order valence-electron chi connectivity index (χ1n) is 15.5. The fraction of sp³-hybridized carbons (Fsp3) is 0.485. The predicted molar refractivity (Wildman–Crippen MR) is 168 cm³/mol. The number of piperazine rings is 1. The third kappa shape index (κ3) is 6.95. The summed E-state index contributed by atoms with van der Waals surface area (Å²) in [6.45, 7) is 5.82. The van der Waals surface area contributed by atoms with Gasteiger partial charge < -0.3 is 29.3 Å². The molecule has 0 spiro atoms. The number of aryl methyl sites for hydroxylation is 1. The highest BCUT2D eigenvalue weighted by molar-refractivity contribution is 7.10. The molecule has 2 amide bonds. The molecule has 0 saturated carbocycles. The zero-order valence-electron chi connectivity index (χ0n) is 26.0. The molecule has 4 heterocycles. The Morgan fingerprint density at radius 1 is 1.13 bits per heavy atom. The summed E-state index contributed by atoms with van der Waals surface area (Å²) in [6, 6.07) is 9.46. The summed E-state index contributed by atoms with van der Waals surface area (Å²) in [4.78, 5) is 37.6. The van der Waals surface area contributed by atoms with E-state index < -0.39 is 22.7 Å². The van der Waals surface area contributed by atoms with Crippen LogP contribution in [0.15, 0.2) is 54.2 Å². The van der Waals surface area contributed by atoms with Gasteiger partial charge in [-0.3, -0.25) is 14.6 Å². The number of anilines is 1. The number of rotatable bonds is 10. The number of thiophene rings is 1. The molecule has 13 heteroatoms. The number of piperidine rings is 1. The van der Waals surface area contributed by atoms with Gasteiger partial charge in [-0.1, -0.05) is 25.5 Å². The number of alkyl halides is 3. The quantitative estimate of drug-likeness (QED) is 0.311. The van der Waals surface area contributed by atoms with Crippen molar-refractivity contribution in [1.82, 2.24) is 14.8 Å². The predicted octanol–water partition coefficient (Wildman–Crippen LogP) is 5.41. The van der Waals surface area contributed by atoms with Gasteiger partial charge in [0.05, 0.1) is 23.9 Å². The van der Waals surface area contributed by atoms with Gasteiger partial charge in [-0.15, -0.1) is 11.3 Å². The van der Waals surface area contributed by atoms with Crippen molar-refractivity contribution in [2.45, 2.75) is 57.3 Å². The van der Waals surface area contributed by atoms with Crippen LogP contribution in [0.2, 0.25) is 0 Å². The number of aliphatic hydroxyl groups is 1. The minimum Gasteiger partial charge on any atom is -0.489 e. The standard InChI is InChI=1S/C33H39F3N4O5S/c1-3-7-28-32(45-24-20-29(46-22-24)33(34,35)36,11-6-13-40(28)30(42)25-21-37-12-10-23(25)2)31(43)39-16-14-38(15-17-39)26-8-4-5-9-27(26)44-19-18-41/h4-5,8-10,12,20-22,28,41H,3,6-7,11,13-19H2,1-2H3/t28-,32+/m1/s1. The van der Waals surface area contributed by atoms with E-state index in [0.717, 1.165) is 17.3 Å². The molecule has 2 fully saturated rings. The smallest absolute Gasteiger partial charge is 0.425 e. The highest BCUT2D eigenvalue weighted by Gasteiger charge is 2.55. The number of nitrogens with zero attached hydrogens (tertiary/aromatic N) is 4. The molecule has 1 N–H and O–H groups in total. The van der Waals surface area contributed by atoms with Crippen LogP contribution in [-0.4, -0.2) is 89.3 Å². The van der Waals surface area contributed by atoms with Crippen LogP contribution in [0.25, 0.3) is 0 Å². The molecule has 1 aromatic carbocycles. The first-order valence-corrected chi connectivity index (χ1v) is 16.4. The van der Waals surface area contributed by atoms with E-state index in [0.29, 0.717) is 74.6 Å². The number of likely N-dealkylation sites (tertiary alicyclic amines) is 1. The van der Waals surface area contributed by atoms with Crippen LogP contribution >= 0.6 is 11.3 Å². The minimum atomic E-state index is -4.55. The third-order valence-electron chi connectivity index (χ3n) is 8.59. The largest absolute Gasteiger partial charge is 0.489 e. The van der Waals surface area contributed by atoms with E-state index in [1.165, 1.54) is 11.6 Å². The van der Waals surface area contributed by atoms with Crippen molar-refractivity contribution < 1.29 is 37.3 Å². The van der Waals surface area contributed by atoms with E-state index in [1.54, 1.807) is 22.1 Å². The van der Waals surface area contributed by atoms with Gasteiger partial charge in [0.1, 0.15) is 23.0 Å². The first kappa shape index (κ1) is 33.5. The summed E-state index contributed by atoms with van der Waals surface area (Å²) < 4.78 is 52.9. The molecule has 46 heavy (non-hydrogen) atoms. The zero-order valence-corrected chi connectivity index (χ0v) is 26.8. The molecule has 0 aliphatic carbocycles. The molecular formula is C33H39F3N4O5S. The topological polar surface area (TPSA) is 95.4 Å². The lowest BCUT2D eigenvalue weighted by Crippen LogP contribution is -2.69. The highest BCUT2D eigenvalue weighted by atomic mass is 32.1. The molecule has 5 rings (SSSR count). The van der Waals surface area contributed by atoms with E-state index in [2.05, 4.69) is 9.88 Å². The number of carbonyl (C=O) groups is 2. The van der Waals surface area contributed by atoms with Gasteiger partial charge >= 0.3 is 6.18 Å². The zero-order chi connectivity index (χ0) is 32.9. The molecule has 9 nitrogen and oxygen atoms in total. The SMILES string of the molecule is CCC[C@H]1N(C(=O)c2cnccc2C)CCC[C@@]1(Oc1csc(C(F)(F)F)c1)C(=O)N1CCN(c2ccccc2OCCO)CC1. The number of aromatic nitrogens is 1. The third-order valence-corrected chi connectivity index (χ3v) is 9.55. The monoisotopic (exact) mass is 660 g/mol. The van der Waals surface area contributed by atoms with Crippen LogP contribution in [-0.2, 0) is 11.0 Å². The Bertz CT molecular complexity index is 1510. The Labute approximate surface area is 270 Å². The number of pyridine rings is 1. The van der Waals surface area contributed by atoms with Crippen molar-refractivity contribution in [3.8, 4) is 11.5 Å². The van der Waals surface area contributed by atoms with Crippen LogP contribution in [0.4, 0.5) is 18.9 Å². The Morgan fingerprint density at radius 2 is 1.89 bits per heavy atom. The maximum Gasteiger partial charge on any atom is 0.425 e. The summed E-state index contributed by atoms with van der Waals surface area (Å²) in [5.41, 5.74) is 0.411. The molecule has 248 valence electrons. The second kappa shape index (κ2) is 14.3. The molecule has 0 unspecified atom stereocenters. The fourth-order valence-corrected chi connectivity index (χ4v) is 7.07. The number of para-hydroxylation sites is 2. The first-order chi connectivity index (χ1) is 22.1. The second-order valence-corrected chi connectivity index (χ2v) is 12.5. The molecule has 2 atom stereocenters. The summed E-state index contributed by atoms with van der Waals surface area (Å²) >= 11 is 0.518. The van der Waals surface area contributed by atoms with Crippen LogP contribution in [0.3, 0.4) is 0 Å². The van der Waals surface area contributed by atoms with Crippen molar-refractivity contribution >= 4 is 28.8 Å². The molecule has 2 aromatic heterocycles. The number of ether oxygens (including phenoxy) is 2. The summed E-state index contributed by atoms with van der Waals surface area (Å²) in [7, 11) is 0. The Hall–Kier alpha value is -3.84. The van der Waals surface area contributed by atoms with Crippen molar-refractivity contribution in [2.24, 2.45) is 0 Å². The lowest BCUT2D eigenvalue weighted by molar-refractivity contribution is -0.159. The number of hydrogen-bond donors (Lipinski definition) is 1. The molecule has 3 aromatic rings. The maximum atomic E-state index is 14.8. The minimum absolute atomic E-state index is 0.0350. The van der Waals surface area contributed by atoms with Crippen LogP contribution < -0.4 is 14.4 Å². The molecule has 0 bridgehead atoms. The van der Waals surface area contributed by atoms with Crippen LogP contribution in [0.1, 0.15) is 53.4 Å². The Morgan fingerprint density at radius 3 is 2.57 bits per heavy atom.